The van der Waals surface area contributed by atoms with Crippen molar-refractivity contribution in [2.24, 2.45) is 16.8 Å². The molecule has 0 saturated carbocycles. The molecule has 0 atom stereocenters. The number of anilines is 1. The van der Waals surface area contributed by atoms with Crippen molar-refractivity contribution in [3.63, 3.8) is 0 Å². The number of hydrazine groups is 1. The van der Waals surface area contributed by atoms with Crippen molar-refractivity contribution in [2.75, 3.05) is 18.9 Å². The number of hydrogen-bond donors (Lipinski definition) is 4. The van der Waals surface area contributed by atoms with Crippen LogP contribution < -0.4 is 22.3 Å². The maximum atomic E-state index is 12.2. The van der Waals surface area contributed by atoms with E-state index in [-0.39, 0.29) is 0 Å². The fourth-order valence-electron chi connectivity index (χ4n) is 2.81. The molecule has 0 radical (unpaired) electrons. The Kier molecular flexibility index (Phi) is 5.78. The molecule has 0 saturated heterocycles. The second-order valence-corrected chi connectivity index (χ2v) is 6.35. The van der Waals surface area contributed by atoms with E-state index in [9.17, 15) is 18.0 Å². The van der Waals surface area contributed by atoms with Crippen LogP contribution in [-0.4, -0.2) is 46.0 Å². The maximum Gasteiger partial charge on any atom is 0.405 e. The van der Waals surface area contributed by atoms with E-state index in [2.05, 4.69) is 15.4 Å². The number of aromatic nitrogens is 2. The summed E-state index contributed by atoms with van der Waals surface area (Å²) in [5, 5.41) is 9.09. The molecule has 158 valence electrons. The van der Waals surface area contributed by atoms with Gasteiger partial charge in [-0.2, -0.15) is 18.3 Å². The lowest BCUT2D eigenvalue weighted by molar-refractivity contribution is -0.122. The highest BCUT2D eigenvalue weighted by atomic mass is 19.4. The molecule has 1 aromatic carbocycles. The van der Waals surface area contributed by atoms with Gasteiger partial charge in [0, 0.05) is 30.1 Å². The summed E-state index contributed by atoms with van der Waals surface area (Å²) in [6.45, 7) is -1.42. The summed E-state index contributed by atoms with van der Waals surface area (Å²) in [6.07, 6.45) is -1.09. The van der Waals surface area contributed by atoms with Gasteiger partial charge in [0.1, 0.15) is 12.2 Å². The maximum absolute atomic E-state index is 12.2. The zero-order chi connectivity index (χ0) is 21.9. The number of benzene rings is 1. The second-order valence-electron chi connectivity index (χ2n) is 6.35. The summed E-state index contributed by atoms with van der Waals surface area (Å²) in [7, 11) is 1.61. The number of hydrazone groups is 1. The first-order valence-electron chi connectivity index (χ1n) is 8.64. The molecular weight excluding hydrogens is 401 g/mol. The fraction of sp³-hybridized carbons (Fsp3) is 0.167. The van der Waals surface area contributed by atoms with Crippen molar-refractivity contribution in [3.8, 4) is 11.3 Å². The SMILES string of the molecule is CN(N)/C(=N\N)c1ccn2c(-c3cccc(NC(=O)NCC(F)(F)F)c3)cnc2c1. The quantitative estimate of drug-likeness (QED) is 0.223. The first-order chi connectivity index (χ1) is 14.2. The highest BCUT2D eigenvalue weighted by molar-refractivity contribution is 5.98. The van der Waals surface area contributed by atoms with Crippen LogP contribution in [0.15, 0.2) is 53.9 Å². The van der Waals surface area contributed by atoms with Gasteiger partial charge in [0.25, 0.3) is 0 Å². The Morgan fingerprint density at radius 2 is 2.07 bits per heavy atom. The van der Waals surface area contributed by atoms with Crippen molar-refractivity contribution >= 4 is 23.2 Å². The van der Waals surface area contributed by atoms with Crippen molar-refractivity contribution < 1.29 is 18.0 Å². The molecule has 2 aromatic heterocycles. The number of amidine groups is 1. The first kappa shape index (κ1) is 20.9. The van der Waals surface area contributed by atoms with Crippen LogP contribution in [0.5, 0.6) is 0 Å². The predicted molar refractivity (Wildman–Crippen MR) is 106 cm³/mol. The van der Waals surface area contributed by atoms with E-state index in [4.69, 9.17) is 11.7 Å². The summed E-state index contributed by atoms with van der Waals surface area (Å²) in [5.41, 5.74) is 3.02. The van der Waals surface area contributed by atoms with E-state index in [0.717, 1.165) is 0 Å². The van der Waals surface area contributed by atoms with Crippen LogP contribution in [0.2, 0.25) is 0 Å². The Hall–Kier alpha value is -3.80. The number of halogens is 3. The normalized spacial score (nSPS) is 12.1. The number of fused-ring (bicyclic) bond motifs is 1. The Morgan fingerprint density at radius 3 is 2.73 bits per heavy atom. The van der Waals surface area contributed by atoms with Gasteiger partial charge < -0.3 is 16.5 Å². The van der Waals surface area contributed by atoms with Gasteiger partial charge in [0.2, 0.25) is 0 Å². The number of carbonyl (C=O) groups is 1. The summed E-state index contributed by atoms with van der Waals surface area (Å²) >= 11 is 0. The van der Waals surface area contributed by atoms with Gasteiger partial charge in [-0.3, -0.25) is 9.41 Å². The van der Waals surface area contributed by atoms with Crippen molar-refractivity contribution in [3.05, 3.63) is 54.4 Å². The van der Waals surface area contributed by atoms with E-state index in [0.29, 0.717) is 34.0 Å². The lowest BCUT2D eigenvalue weighted by Crippen LogP contribution is -2.36. The lowest BCUT2D eigenvalue weighted by Gasteiger charge is -2.14. The smallest absolute Gasteiger partial charge is 0.329 e. The monoisotopic (exact) mass is 420 g/mol. The number of nitrogens with one attached hydrogen (secondary N) is 2. The molecule has 0 aliphatic heterocycles. The third kappa shape index (κ3) is 4.78. The Balaban J connectivity index is 1.84. The molecule has 2 heterocycles. The molecule has 0 unspecified atom stereocenters. The number of amides is 2. The Bertz CT molecular complexity index is 1090. The van der Waals surface area contributed by atoms with Gasteiger partial charge >= 0.3 is 12.2 Å². The van der Waals surface area contributed by atoms with Gasteiger partial charge in [-0.05, 0) is 24.3 Å². The molecule has 0 bridgehead atoms. The third-order valence-corrected chi connectivity index (χ3v) is 4.09. The second kappa shape index (κ2) is 8.29. The summed E-state index contributed by atoms with van der Waals surface area (Å²) in [5.74, 6) is 11.5. The molecule has 2 amide bonds. The molecule has 0 fully saturated rings. The lowest BCUT2D eigenvalue weighted by atomic mass is 10.1. The number of pyridine rings is 1. The molecule has 12 heteroatoms. The van der Waals surface area contributed by atoms with Crippen molar-refractivity contribution in [1.29, 1.82) is 0 Å². The molecule has 3 rings (SSSR count). The predicted octanol–water partition coefficient (Wildman–Crippen LogP) is 2.11. The topological polar surface area (TPSA) is 126 Å². The fourth-order valence-corrected chi connectivity index (χ4v) is 2.81. The Morgan fingerprint density at radius 1 is 1.30 bits per heavy atom. The summed E-state index contributed by atoms with van der Waals surface area (Å²) < 4.78 is 38.5. The number of alkyl halides is 3. The van der Waals surface area contributed by atoms with Crippen LogP contribution >= 0.6 is 0 Å². The minimum Gasteiger partial charge on any atom is -0.329 e. The number of carbonyl (C=O) groups excluding carboxylic acids is 1. The minimum atomic E-state index is -4.48. The number of hydrogen-bond acceptors (Lipinski definition) is 5. The minimum absolute atomic E-state index is 0.334. The molecule has 30 heavy (non-hydrogen) atoms. The van der Waals surface area contributed by atoms with Gasteiger partial charge in [-0.25, -0.2) is 15.6 Å². The highest BCUT2D eigenvalue weighted by Crippen LogP contribution is 2.24. The van der Waals surface area contributed by atoms with E-state index in [1.807, 2.05) is 0 Å². The number of nitrogens with two attached hydrogens (primary N) is 2. The van der Waals surface area contributed by atoms with Gasteiger partial charge in [0.15, 0.2) is 5.84 Å². The number of urea groups is 1. The van der Waals surface area contributed by atoms with E-state index in [1.165, 1.54) is 5.01 Å². The first-order valence-corrected chi connectivity index (χ1v) is 8.64. The highest BCUT2D eigenvalue weighted by Gasteiger charge is 2.27. The summed E-state index contributed by atoms with van der Waals surface area (Å²) in [4.78, 5) is 16.0. The van der Waals surface area contributed by atoms with E-state index < -0.39 is 18.8 Å². The van der Waals surface area contributed by atoms with Crippen LogP contribution in [0.4, 0.5) is 23.7 Å². The number of rotatable bonds is 4. The Labute approximate surface area is 169 Å². The molecule has 0 aliphatic carbocycles. The molecule has 0 aliphatic rings. The molecule has 9 nitrogen and oxygen atoms in total. The van der Waals surface area contributed by atoms with Crippen LogP contribution in [0.25, 0.3) is 16.9 Å². The van der Waals surface area contributed by atoms with Gasteiger partial charge in [-0.15, -0.1) is 0 Å². The van der Waals surface area contributed by atoms with Gasteiger partial charge in [0.05, 0.1) is 11.9 Å². The van der Waals surface area contributed by atoms with Crippen molar-refractivity contribution in [1.82, 2.24) is 19.7 Å². The molecule has 6 N–H and O–H groups in total. The number of imidazole rings is 1. The van der Waals surface area contributed by atoms with Gasteiger partial charge in [-0.1, -0.05) is 12.1 Å². The van der Waals surface area contributed by atoms with Crippen LogP contribution in [-0.2, 0) is 0 Å². The number of nitrogens with zero attached hydrogens (tertiary/aromatic N) is 4. The average Bonchev–Trinajstić information content (AvgIpc) is 3.10. The largest absolute Gasteiger partial charge is 0.405 e. The van der Waals surface area contributed by atoms with E-state index >= 15 is 0 Å². The molecule has 3 aromatic rings. The third-order valence-electron chi connectivity index (χ3n) is 4.09. The average molecular weight is 420 g/mol. The van der Waals surface area contributed by atoms with Crippen molar-refractivity contribution in [2.45, 2.75) is 6.18 Å². The molecular formula is C18H19F3N8O. The molecule has 0 spiro atoms. The zero-order valence-corrected chi connectivity index (χ0v) is 15.8. The van der Waals surface area contributed by atoms with Crippen LogP contribution in [0.1, 0.15) is 5.56 Å². The van der Waals surface area contributed by atoms with Crippen LogP contribution in [0, 0.1) is 0 Å². The summed E-state index contributed by atoms with van der Waals surface area (Å²) in [6, 6.07) is 9.23. The van der Waals surface area contributed by atoms with E-state index in [1.54, 1.807) is 65.6 Å². The zero-order valence-electron chi connectivity index (χ0n) is 15.8. The standard InChI is InChI=1S/C18H19F3N8O/c1-28(23)16(27-22)12-5-6-29-14(9-24-15(29)8-12)11-3-2-4-13(7-11)26-17(30)25-10-18(19,20)21/h2-9H,10,22-23H2,1H3,(H2,25,26,30)/b27-16-. The van der Waals surface area contributed by atoms with Crippen LogP contribution in [0.3, 0.4) is 0 Å².